The van der Waals surface area contributed by atoms with E-state index in [0.717, 1.165) is 0 Å². The molecule has 1 rings (SSSR count). The normalized spacial score (nSPS) is 9.37. The summed E-state index contributed by atoms with van der Waals surface area (Å²) in [5.74, 6) is -0.865. The molecular weight excluding hydrogens is 273 g/mol. The van der Waals surface area contributed by atoms with Gasteiger partial charge in [-0.25, -0.2) is 4.39 Å². The maximum Gasteiger partial charge on any atom is 0.251 e. The molecule has 7 heteroatoms. The molecule has 0 bridgehead atoms. The van der Waals surface area contributed by atoms with Gasteiger partial charge in [0.05, 0.1) is 6.54 Å². The molecule has 1 aromatic rings. The zero-order valence-electron chi connectivity index (χ0n) is 10.3. The Morgan fingerprint density at radius 3 is 2.26 bits per heavy atom. The average molecular weight is 290 g/mol. The first-order valence-corrected chi connectivity index (χ1v) is 5.64. The highest BCUT2D eigenvalue weighted by atomic mass is 35.5. The zero-order valence-corrected chi connectivity index (χ0v) is 11.1. The van der Waals surface area contributed by atoms with Gasteiger partial charge in [-0.3, -0.25) is 9.59 Å². The number of carbonyl (C=O) groups excluding carboxylic acids is 2. The molecule has 0 saturated carbocycles. The largest absolute Gasteiger partial charge is 0.355 e. The molecule has 0 atom stereocenters. The van der Waals surface area contributed by atoms with E-state index in [1.54, 1.807) is 0 Å². The van der Waals surface area contributed by atoms with Crippen molar-refractivity contribution in [2.75, 3.05) is 19.6 Å². The van der Waals surface area contributed by atoms with Gasteiger partial charge in [0.15, 0.2) is 0 Å². The van der Waals surface area contributed by atoms with E-state index < -0.39 is 0 Å². The lowest BCUT2D eigenvalue weighted by molar-refractivity contribution is -0.119. The van der Waals surface area contributed by atoms with Crippen LogP contribution < -0.4 is 16.4 Å². The van der Waals surface area contributed by atoms with E-state index in [2.05, 4.69) is 10.6 Å². The van der Waals surface area contributed by atoms with Crippen LogP contribution in [0.3, 0.4) is 0 Å². The van der Waals surface area contributed by atoms with Gasteiger partial charge in [0.2, 0.25) is 5.91 Å². The number of rotatable bonds is 6. The predicted octanol–water partition coefficient (Wildman–Crippen LogP) is 0.442. The van der Waals surface area contributed by atoms with E-state index in [0.29, 0.717) is 25.1 Å². The van der Waals surface area contributed by atoms with E-state index >= 15 is 0 Å². The van der Waals surface area contributed by atoms with E-state index in [-0.39, 0.29) is 36.6 Å². The number of halogens is 2. The lowest BCUT2D eigenvalue weighted by Gasteiger charge is -2.06. The van der Waals surface area contributed by atoms with Crippen molar-refractivity contribution in [3.63, 3.8) is 0 Å². The van der Waals surface area contributed by atoms with Crippen LogP contribution in [-0.4, -0.2) is 31.4 Å². The third-order valence-corrected chi connectivity index (χ3v) is 2.25. The highest BCUT2D eigenvalue weighted by molar-refractivity contribution is 5.94. The molecule has 0 aliphatic rings. The van der Waals surface area contributed by atoms with Crippen LogP contribution in [0.1, 0.15) is 16.8 Å². The number of hydrogen-bond acceptors (Lipinski definition) is 3. The van der Waals surface area contributed by atoms with Crippen molar-refractivity contribution in [2.45, 2.75) is 6.42 Å². The monoisotopic (exact) mass is 289 g/mol. The lowest BCUT2D eigenvalue weighted by atomic mass is 10.2. The summed E-state index contributed by atoms with van der Waals surface area (Å²) in [5, 5.41) is 5.25. The molecule has 106 valence electrons. The third kappa shape index (κ3) is 6.73. The Kier molecular flexibility index (Phi) is 8.48. The Morgan fingerprint density at radius 2 is 1.68 bits per heavy atom. The SMILES string of the molecule is Cl.NCC(=O)NCCCNC(=O)c1ccc(F)cc1. The number of benzene rings is 1. The van der Waals surface area contributed by atoms with Crippen LogP contribution in [0.5, 0.6) is 0 Å². The zero-order chi connectivity index (χ0) is 13.4. The molecule has 2 amide bonds. The topological polar surface area (TPSA) is 84.2 Å². The first kappa shape index (κ1) is 17.3. The number of carbonyl (C=O) groups is 2. The van der Waals surface area contributed by atoms with Gasteiger partial charge >= 0.3 is 0 Å². The molecule has 0 radical (unpaired) electrons. The van der Waals surface area contributed by atoms with Crippen LogP contribution in [0.4, 0.5) is 4.39 Å². The van der Waals surface area contributed by atoms with Crippen molar-refractivity contribution in [2.24, 2.45) is 5.73 Å². The Bertz CT molecular complexity index is 412. The maximum absolute atomic E-state index is 12.6. The van der Waals surface area contributed by atoms with E-state index in [4.69, 9.17) is 5.73 Å². The number of nitrogens with two attached hydrogens (primary N) is 1. The molecule has 1 aromatic carbocycles. The second-order valence-electron chi connectivity index (χ2n) is 3.67. The minimum Gasteiger partial charge on any atom is -0.355 e. The smallest absolute Gasteiger partial charge is 0.251 e. The highest BCUT2D eigenvalue weighted by Crippen LogP contribution is 2.02. The van der Waals surface area contributed by atoms with Crippen molar-refractivity contribution in [1.82, 2.24) is 10.6 Å². The van der Waals surface area contributed by atoms with Crippen LogP contribution >= 0.6 is 12.4 Å². The lowest BCUT2D eigenvalue weighted by Crippen LogP contribution is -2.33. The first-order valence-electron chi connectivity index (χ1n) is 5.64. The molecule has 0 unspecified atom stereocenters. The molecule has 0 fully saturated rings. The van der Waals surface area contributed by atoms with E-state index in [1.165, 1.54) is 24.3 Å². The minimum absolute atomic E-state index is 0. The maximum atomic E-state index is 12.6. The molecule has 0 aliphatic heterocycles. The molecule has 0 heterocycles. The van der Waals surface area contributed by atoms with Crippen molar-refractivity contribution in [3.8, 4) is 0 Å². The van der Waals surface area contributed by atoms with Crippen LogP contribution in [0.2, 0.25) is 0 Å². The van der Waals surface area contributed by atoms with Gasteiger partial charge in [-0.1, -0.05) is 0 Å². The average Bonchev–Trinajstić information content (AvgIpc) is 2.38. The summed E-state index contributed by atoms with van der Waals surface area (Å²) in [5.41, 5.74) is 5.52. The fraction of sp³-hybridized carbons (Fsp3) is 0.333. The van der Waals surface area contributed by atoms with E-state index in [9.17, 15) is 14.0 Å². The summed E-state index contributed by atoms with van der Waals surface area (Å²) in [7, 11) is 0. The van der Waals surface area contributed by atoms with Gasteiger partial charge in [0.25, 0.3) is 5.91 Å². The molecular formula is C12H17ClFN3O2. The summed E-state index contributed by atoms with van der Waals surface area (Å²) in [4.78, 5) is 22.4. The fourth-order valence-corrected chi connectivity index (χ4v) is 1.29. The van der Waals surface area contributed by atoms with Crippen LogP contribution in [0, 0.1) is 5.82 Å². The summed E-state index contributed by atoms with van der Waals surface area (Å²) < 4.78 is 12.6. The summed E-state index contributed by atoms with van der Waals surface area (Å²) in [6.07, 6.45) is 0.610. The quantitative estimate of drug-likeness (QED) is 0.665. The molecule has 5 nitrogen and oxygen atoms in total. The van der Waals surface area contributed by atoms with Crippen molar-refractivity contribution in [3.05, 3.63) is 35.6 Å². The van der Waals surface area contributed by atoms with Crippen LogP contribution in [0.25, 0.3) is 0 Å². The highest BCUT2D eigenvalue weighted by Gasteiger charge is 2.04. The second-order valence-corrected chi connectivity index (χ2v) is 3.67. The Labute approximate surface area is 117 Å². The van der Waals surface area contributed by atoms with Gasteiger partial charge in [0, 0.05) is 18.7 Å². The van der Waals surface area contributed by atoms with Gasteiger partial charge < -0.3 is 16.4 Å². The molecule has 0 spiro atoms. The minimum atomic E-state index is -0.379. The van der Waals surface area contributed by atoms with Crippen molar-refractivity contribution >= 4 is 24.2 Å². The van der Waals surface area contributed by atoms with Crippen LogP contribution in [-0.2, 0) is 4.79 Å². The molecule has 0 saturated heterocycles. The number of hydrogen-bond donors (Lipinski definition) is 3. The van der Waals surface area contributed by atoms with Gasteiger partial charge in [-0.15, -0.1) is 12.4 Å². The Hall–Kier alpha value is -1.66. The van der Waals surface area contributed by atoms with Gasteiger partial charge in [0.1, 0.15) is 5.82 Å². The number of nitrogens with one attached hydrogen (secondary N) is 2. The summed E-state index contributed by atoms with van der Waals surface area (Å²) in [6.45, 7) is 0.850. The first-order chi connectivity index (χ1) is 8.63. The molecule has 19 heavy (non-hydrogen) atoms. The van der Waals surface area contributed by atoms with Gasteiger partial charge in [-0.05, 0) is 30.7 Å². The summed E-state index contributed by atoms with van der Waals surface area (Å²) >= 11 is 0. The molecule has 0 aromatic heterocycles. The van der Waals surface area contributed by atoms with E-state index in [1.807, 2.05) is 0 Å². The van der Waals surface area contributed by atoms with Crippen molar-refractivity contribution in [1.29, 1.82) is 0 Å². The fourth-order valence-electron chi connectivity index (χ4n) is 1.29. The van der Waals surface area contributed by atoms with Gasteiger partial charge in [-0.2, -0.15) is 0 Å². The second kappa shape index (κ2) is 9.29. The number of amides is 2. The molecule has 4 N–H and O–H groups in total. The van der Waals surface area contributed by atoms with Crippen LogP contribution in [0.15, 0.2) is 24.3 Å². The molecule has 0 aliphatic carbocycles. The standard InChI is InChI=1S/C12H16FN3O2.ClH/c13-10-4-2-9(3-5-10)12(18)16-7-1-6-15-11(17)8-14;/h2-5H,1,6-8,14H2,(H,15,17)(H,16,18);1H. The predicted molar refractivity (Wildman–Crippen MR) is 72.7 cm³/mol. The Balaban J connectivity index is 0.00000324. The third-order valence-electron chi connectivity index (χ3n) is 2.25. The van der Waals surface area contributed by atoms with Crippen molar-refractivity contribution < 1.29 is 14.0 Å². The summed E-state index contributed by atoms with van der Waals surface area (Å²) in [6, 6.07) is 5.30. The Morgan fingerprint density at radius 1 is 1.11 bits per heavy atom.